The summed E-state index contributed by atoms with van der Waals surface area (Å²) in [5.74, 6) is 0.182. The van der Waals surface area contributed by atoms with Gasteiger partial charge >= 0.3 is 12.0 Å². The third-order valence-electron chi connectivity index (χ3n) is 3.64. The van der Waals surface area contributed by atoms with Gasteiger partial charge < -0.3 is 15.3 Å². The van der Waals surface area contributed by atoms with Crippen molar-refractivity contribution in [3.8, 4) is 0 Å². The number of aliphatic carboxylic acids is 1. The molecule has 0 aromatic rings. The minimum Gasteiger partial charge on any atom is -0.481 e. The molecule has 5 nitrogen and oxygen atoms in total. The minimum atomic E-state index is -0.739. The van der Waals surface area contributed by atoms with Crippen molar-refractivity contribution in [3.63, 3.8) is 0 Å². The van der Waals surface area contributed by atoms with Gasteiger partial charge in [0.2, 0.25) is 0 Å². The van der Waals surface area contributed by atoms with E-state index >= 15 is 0 Å². The molecule has 1 atom stereocenters. The van der Waals surface area contributed by atoms with Gasteiger partial charge in [-0.1, -0.05) is 0 Å². The van der Waals surface area contributed by atoms with E-state index < -0.39 is 5.97 Å². The molecule has 2 heterocycles. The molecule has 18 heavy (non-hydrogen) atoms. The molecule has 2 fully saturated rings. The van der Waals surface area contributed by atoms with E-state index in [0.29, 0.717) is 31.2 Å². The van der Waals surface area contributed by atoms with Crippen LogP contribution < -0.4 is 5.32 Å². The molecule has 2 rings (SSSR count). The van der Waals surface area contributed by atoms with E-state index in [-0.39, 0.29) is 11.9 Å². The lowest BCUT2D eigenvalue weighted by atomic mass is 9.97. The van der Waals surface area contributed by atoms with Gasteiger partial charge in [0.05, 0.1) is 5.92 Å². The second kappa shape index (κ2) is 6.31. The fraction of sp³-hybridized carbons (Fsp3) is 0.833. The van der Waals surface area contributed by atoms with Crippen LogP contribution in [-0.2, 0) is 4.79 Å². The summed E-state index contributed by atoms with van der Waals surface area (Å²) in [6.07, 6.45) is 3.57. The van der Waals surface area contributed by atoms with Crippen LogP contribution in [0.2, 0.25) is 0 Å². The maximum absolute atomic E-state index is 11.9. The number of thioether (sulfide) groups is 1. The molecule has 102 valence electrons. The predicted molar refractivity (Wildman–Crippen MR) is 70.8 cm³/mol. The number of hydrogen-bond acceptors (Lipinski definition) is 3. The topological polar surface area (TPSA) is 69.6 Å². The summed E-state index contributed by atoms with van der Waals surface area (Å²) >= 11 is 1.92. The van der Waals surface area contributed by atoms with Crippen LogP contribution in [-0.4, -0.2) is 52.6 Å². The Bertz CT molecular complexity index is 310. The number of carbonyl (C=O) groups excluding carboxylic acids is 1. The van der Waals surface area contributed by atoms with Crippen LogP contribution in [0.4, 0.5) is 4.79 Å². The maximum atomic E-state index is 11.9. The molecular formula is C12H20N2O3S. The highest BCUT2D eigenvalue weighted by atomic mass is 32.2. The fourth-order valence-corrected chi connectivity index (χ4v) is 3.65. The molecule has 2 aliphatic heterocycles. The Morgan fingerprint density at radius 2 is 2.00 bits per heavy atom. The molecule has 2 saturated heterocycles. The molecule has 2 amide bonds. The van der Waals surface area contributed by atoms with Crippen LogP contribution in [0, 0.1) is 5.92 Å². The van der Waals surface area contributed by atoms with E-state index in [0.717, 1.165) is 6.54 Å². The summed E-state index contributed by atoms with van der Waals surface area (Å²) < 4.78 is 0. The summed E-state index contributed by atoms with van der Waals surface area (Å²) in [5.41, 5.74) is 0. The third-order valence-corrected chi connectivity index (χ3v) is 5.03. The molecule has 0 aromatic carbocycles. The summed E-state index contributed by atoms with van der Waals surface area (Å²) in [6.45, 7) is 1.85. The van der Waals surface area contributed by atoms with E-state index in [1.54, 1.807) is 4.90 Å². The number of rotatable bonds is 3. The van der Waals surface area contributed by atoms with Crippen molar-refractivity contribution in [2.75, 3.05) is 25.4 Å². The van der Waals surface area contributed by atoms with E-state index in [4.69, 9.17) is 5.11 Å². The molecule has 0 aliphatic carbocycles. The smallest absolute Gasteiger partial charge is 0.317 e. The summed E-state index contributed by atoms with van der Waals surface area (Å²) in [6, 6.07) is -0.0358. The number of likely N-dealkylation sites (tertiary alicyclic amines) is 1. The average Bonchev–Trinajstić information content (AvgIpc) is 2.89. The number of urea groups is 1. The van der Waals surface area contributed by atoms with Crippen molar-refractivity contribution in [1.82, 2.24) is 10.2 Å². The third kappa shape index (κ3) is 3.54. The number of nitrogens with zero attached hydrogens (tertiary/aromatic N) is 1. The van der Waals surface area contributed by atoms with Crippen LogP contribution in [0.15, 0.2) is 0 Å². The van der Waals surface area contributed by atoms with Crippen molar-refractivity contribution >= 4 is 23.8 Å². The first-order chi connectivity index (χ1) is 8.66. The summed E-state index contributed by atoms with van der Waals surface area (Å²) in [5, 5.41) is 12.4. The van der Waals surface area contributed by atoms with Crippen LogP contribution >= 0.6 is 11.8 Å². The molecule has 2 aliphatic rings. The van der Waals surface area contributed by atoms with Crippen molar-refractivity contribution in [2.24, 2.45) is 5.92 Å². The molecule has 0 bridgehead atoms. The van der Waals surface area contributed by atoms with Crippen molar-refractivity contribution in [3.05, 3.63) is 0 Å². The maximum Gasteiger partial charge on any atom is 0.317 e. The first-order valence-electron chi connectivity index (χ1n) is 6.54. The lowest BCUT2D eigenvalue weighted by molar-refractivity contribution is -0.143. The van der Waals surface area contributed by atoms with Crippen molar-refractivity contribution in [2.45, 2.75) is 30.9 Å². The predicted octanol–water partition coefficient (Wildman–Crippen LogP) is 1.39. The zero-order valence-electron chi connectivity index (χ0n) is 10.4. The Morgan fingerprint density at radius 1 is 1.28 bits per heavy atom. The van der Waals surface area contributed by atoms with Crippen molar-refractivity contribution in [1.29, 1.82) is 0 Å². The molecule has 0 saturated carbocycles. The molecule has 0 radical (unpaired) electrons. The molecule has 6 heteroatoms. The summed E-state index contributed by atoms with van der Waals surface area (Å²) in [7, 11) is 0. The van der Waals surface area contributed by atoms with Crippen molar-refractivity contribution < 1.29 is 14.7 Å². The van der Waals surface area contributed by atoms with Gasteiger partial charge in [0, 0.05) is 24.9 Å². The molecular weight excluding hydrogens is 252 g/mol. The Balaban J connectivity index is 1.68. The van der Waals surface area contributed by atoms with Gasteiger partial charge in [0.25, 0.3) is 0 Å². The number of carboxylic acid groups (broad SMARTS) is 1. The van der Waals surface area contributed by atoms with Crippen LogP contribution in [0.3, 0.4) is 0 Å². The average molecular weight is 272 g/mol. The Morgan fingerprint density at radius 3 is 2.56 bits per heavy atom. The number of carboxylic acids is 1. The fourth-order valence-electron chi connectivity index (χ4n) is 2.45. The van der Waals surface area contributed by atoms with E-state index in [2.05, 4.69) is 5.32 Å². The zero-order chi connectivity index (χ0) is 13.0. The molecule has 2 N–H and O–H groups in total. The van der Waals surface area contributed by atoms with Gasteiger partial charge in [-0.05, 0) is 31.4 Å². The lowest BCUT2D eigenvalue weighted by Gasteiger charge is -2.30. The number of nitrogens with one attached hydrogen (secondary N) is 1. The van der Waals surface area contributed by atoms with Crippen LogP contribution in [0.1, 0.15) is 25.7 Å². The summed E-state index contributed by atoms with van der Waals surface area (Å²) in [4.78, 5) is 24.4. The van der Waals surface area contributed by atoms with Crippen LogP contribution in [0.25, 0.3) is 0 Å². The van der Waals surface area contributed by atoms with E-state index in [1.165, 1.54) is 18.6 Å². The van der Waals surface area contributed by atoms with E-state index in [9.17, 15) is 9.59 Å². The highest BCUT2D eigenvalue weighted by Crippen LogP contribution is 2.25. The van der Waals surface area contributed by atoms with Gasteiger partial charge in [-0.15, -0.1) is 0 Å². The number of amides is 2. The Kier molecular flexibility index (Phi) is 4.74. The van der Waals surface area contributed by atoms with E-state index in [1.807, 2.05) is 11.8 Å². The largest absolute Gasteiger partial charge is 0.481 e. The number of piperidine rings is 1. The van der Waals surface area contributed by atoms with Gasteiger partial charge in [0.1, 0.15) is 0 Å². The Labute approximate surface area is 111 Å². The first kappa shape index (κ1) is 13.5. The molecule has 1 unspecified atom stereocenters. The highest BCUT2D eigenvalue weighted by molar-refractivity contribution is 8.00. The normalized spacial score (nSPS) is 25.1. The van der Waals surface area contributed by atoms with Gasteiger partial charge in [-0.25, -0.2) is 4.79 Å². The minimum absolute atomic E-state index is 0.0358. The zero-order valence-corrected chi connectivity index (χ0v) is 11.2. The lowest BCUT2D eigenvalue weighted by Crippen LogP contribution is -2.46. The van der Waals surface area contributed by atoms with Gasteiger partial charge in [-0.3, -0.25) is 4.79 Å². The number of hydrogen-bond donors (Lipinski definition) is 2. The second-order valence-electron chi connectivity index (χ2n) is 4.92. The number of carbonyl (C=O) groups is 2. The SMILES string of the molecule is O=C(O)C1CCN(C(=O)NCC2CCCS2)CC1. The monoisotopic (exact) mass is 272 g/mol. The Hall–Kier alpha value is -0.910. The molecule has 0 spiro atoms. The highest BCUT2D eigenvalue weighted by Gasteiger charge is 2.27. The van der Waals surface area contributed by atoms with Gasteiger partial charge in [-0.2, -0.15) is 11.8 Å². The second-order valence-corrected chi connectivity index (χ2v) is 6.33. The van der Waals surface area contributed by atoms with Crippen LogP contribution in [0.5, 0.6) is 0 Å². The first-order valence-corrected chi connectivity index (χ1v) is 7.59. The van der Waals surface area contributed by atoms with Gasteiger partial charge in [0.15, 0.2) is 0 Å². The quantitative estimate of drug-likeness (QED) is 0.814. The molecule has 0 aromatic heterocycles. The standard InChI is InChI=1S/C12H20N2O3S/c15-11(16)9-3-5-14(6-4-9)12(17)13-8-10-2-1-7-18-10/h9-10H,1-8H2,(H,13,17)(H,15,16).